The van der Waals surface area contributed by atoms with Gasteiger partial charge in [0.15, 0.2) is 0 Å². The number of aliphatic imine (C=N–C) groups is 1. The molecule has 4 heteroatoms. The van der Waals surface area contributed by atoms with Gasteiger partial charge in [-0.15, -0.1) is 0 Å². The Morgan fingerprint density at radius 1 is 1.36 bits per heavy atom. The molecule has 0 amide bonds. The Balaban J connectivity index is 2.28. The van der Waals surface area contributed by atoms with E-state index in [1.54, 1.807) is 6.21 Å². The molecule has 0 aliphatic rings. The van der Waals surface area contributed by atoms with E-state index in [-0.39, 0.29) is 5.83 Å². The third kappa shape index (κ3) is 3.85. The molecule has 0 unspecified atom stereocenters. The van der Waals surface area contributed by atoms with E-state index in [4.69, 9.17) is 0 Å². The molecule has 0 N–H and O–H groups in total. The standard InChI is InChI=1S/C18H22FN3/c1-4-11-21(12-7-10-20-13-16(3)19)22-14-15(2)17-8-5-6-9-18(17)22/h5-10,12-14H,4,11H2,1-3H3/b12-7+,16-13+,20-10-. The molecule has 0 aliphatic heterocycles. The molecule has 0 atom stereocenters. The van der Waals surface area contributed by atoms with Crippen molar-refractivity contribution in [2.24, 2.45) is 4.99 Å². The number of benzene rings is 1. The quantitative estimate of drug-likeness (QED) is 0.707. The lowest BCUT2D eigenvalue weighted by Crippen LogP contribution is -2.28. The highest BCUT2D eigenvalue weighted by molar-refractivity contribution is 5.84. The van der Waals surface area contributed by atoms with Crippen LogP contribution < -0.4 is 5.01 Å². The van der Waals surface area contributed by atoms with Crippen molar-refractivity contribution in [3.8, 4) is 0 Å². The van der Waals surface area contributed by atoms with Gasteiger partial charge in [-0.25, -0.2) is 4.39 Å². The van der Waals surface area contributed by atoms with Gasteiger partial charge in [0.25, 0.3) is 0 Å². The van der Waals surface area contributed by atoms with Gasteiger partial charge in [-0.3, -0.25) is 14.7 Å². The number of aromatic nitrogens is 1. The average molecular weight is 299 g/mol. The topological polar surface area (TPSA) is 20.5 Å². The van der Waals surface area contributed by atoms with Crippen molar-refractivity contribution in [2.75, 3.05) is 11.6 Å². The van der Waals surface area contributed by atoms with Crippen LogP contribution in [0.3, 0.4) is 0 Å². The number of nitrogens with zero attached hydrogens (tertiary/aromatic N) is 3. The van der Waals surface area contributed by atoms with Gasteiger partial charge < -0.3 is 0 Å². The Morgan fingerprint density at radius 3 is 2.86 bits per heavy atom. The maximum absolute atomic E-state index is 12.6. The van der Waals surface area contributed by atoms with Crippen LogP contribution in [0.25, 0.3) is 10.9 Å². The molecule has 2 aromatic rings. The van der Waals surface area contributed by atoms with Crippen molar-refractivity contribution in [3.63, 3.8) is 0 Å². The molecule has 0 aliphatic carbocycles. The lowest BCUT2D eigenvalue weighted by Gasteiger charge is -2.22. The van der Waals surface area contributed by atoms with E-state index in [2.05, 4.69) is 52.9 Å². The Bertz CT molecular complexity index is 706. The Hall–Kier alpha value is -2.36. The zero-order valence-corrected chi connectivity index (χ0v) is 13.3. The molecule has 0 saturated carbocycles. The maximum Gasteiger partial charge on any atom is 0.115 e. The predicted octanol–water partition coefficient (Wildman–Crippen LogP) is 4.71. The molecular formula is C18H22FN3. The van der Waals surface area contributed by atoms with E-state index in [0.29, 0.717) is 0 Å². The fourth-order valence-corrected chi connectivity index (χ4v) is 2.36. The molecule has 1 heterocycles. The van der Waals surface area contributed by atoms with Crippen LogP contribution >= 0.6 is 0 Å². The van der Waals surface area contributed by atoms with Crippen molar-refractivity contribution in [1.29, 1.82) is 0 Å². The van der Waals surface area contributed by atoms with Crippen molar-refractivity contribution in [1.82, 2.24) is 4.68 Å². The SMILES string of the molecule is CCCN(/C=C/C=N\C=C(/C)F)n1cc(C)c2ccccc21. The number of fused-ring (bicyclic) bond motifs is 1. The fourth-order valence-electron chi connectivity index (χ4n) is 2.36. The summed E-state index contributed by atoms with van der Waals surface area (Å²) in [5.74, 6) is -0.304. The normalized spacial score (nSPS) is 12.8. The number of halogens is 1. The first-order valence-electron chi connectivity index (χ1n) is 7.49. The zero-order chi connectivity index (χ0) is 15.9. The lowest BCUT2D eigenvalue weighted by molar-refractivity contribution is 0.637. The smallest absolute Gasteiger partial charge is 0.115 e. The number of para-hydroxylation sites is 1. The van der Waals surface area contributed by atoms with Crippen LogP contribution in [0.15, 0.2) is 59.8 Å². The summed E-state index contributed by atoms with van der Waals surface area (Å²) in [5.41, 5.74) is 2.42. The summed E-state index contributed by atoms with van der Waals surface area (Å²) in [5, 5.41) is 3.38. The maximum atomic E-state index is 12.6. The highest BCUT2D eigenvalue weighted by Gasteiger charge is 2.08. The second-order valence-corrected chi connectivity index (χ2v) is 5.19. The van der Waals surface area contributed by atoms with Gasteiger partial charge in [0.1, 0.15) is 5.83 Å². The summed E-state index contributed by atoms with van der Waals surface area (Å²) in [6.45, 7) is 6.52. The number of allylic oxidation sites excluding steroid dienone is 2. The predicted molar refractivity (Wildman–Crippen MR) is 92.5 cm³/mol. The van der Waals surface area contributed by atoms with Gasteiger partial charge in [0, 0.05) is 30.5 Å². The Labute approximate surface area is 131 Å². The second-order valence-electron chi connectivity index (χ2n) is 5.19. The van der Waals surface area contributed by atoms with Gasteiger partial charge in [-0.05, 0) is 38.0 Å². The van der Waals surface area contributed by atoms with Crippen LogP contribution in [-0.2, 0) is 0 Å². The van der Waals surface area contributed by atoms with Gasteiger partial charge >= 0.3 is 0 Å². The first kappa shape index (κ1) is 16.0. The minimum atomic E-state index is -0.304. The Kier molecular flexibility index (Phi) is 5.53. The van der Waals surface area contributed by atoms with Crippen molar-refractivity contribution < 1.29 is 4.39 Å². The van der Waals surface area contributed by atoms with E-state index < -0.39 is 0 Å². The third-order valence-corrected chi connectivity index (χ3v) is 3.30. The molecule has 1 aromatic carbocycles. The molecule has 0 bridgehead atoms. The molecule has 116 valence electrons. The van der Waals surface area contributed by atoms with Crippen LogP contribution in [-0.4, -0.2) is 17.4 Å². The molecule has 22 heavy (non-hydrogen) atoms. The molecule has 2 rings (SSSR count). The largest absolute Gasteiger partial charge is 0.289 e. The molecule has 0 fully saturated rings. The number of aryl methyl sites for hydroxylation is 1. The lowest BCUT2D eigenvalue weighted by atomic mass is 10.2. The summed E-state index contributed by atoms with van der Waals surface area (Å²) < 4.78 is 14.7. The number of hydrogen-bond donors (Lipinski definition) is 0. The monoisotopic (exact) mass is 299 g/mol. The minimum absolute atomic E-state index is 0.304. The van der Waals surface area contributed by atoms with Gasteiger partial charge in [0.2, 0.25) is 0 Å². The molecular weight excluding hydrogens is 277 g/mol. The van der Waals surface area contributed by atoms with Gasteiger partial charge in [0.05, 0.1) is 11.7 Å². The van der Waals surface area contributed by atoms with Crippen molar-refractivity contribution in [2.45, 2.75) is 27.2 Å². The molecule has 0 radical (unpaired) electrons. The number of rotatable bonds is 6. The van der Waals surface area contributed by atoms with Crippen LogP contribution in [0, 0.1) is 6.92 Å². The van der Waals surface area contributed by atoms with E-state index in [0.717, 1.165) is 13.0 Å². The van der Waals surface area contributed by atoms with Crippen LogP contribution in [0.1, 0.15) is 25.8 Å². The summed E-state index contributed by atoms with van der Waals surface area (Å²) in [6, 6.07) is 8.34. The van der Waals surface area contributed by atoms with E-state index in [1.165, 1.54) is 29.6 Å². The van der Waals surface area contributed by atoms with Crippen LogP contribution in [0.4, 0.5) is 4.39 Å². The highest BCUT2D eigenvalue weighted by Crippen LogP contribution is 2.20. The van der Waals surface area contributed by atoms with Crippen LogP contribution in [0.5, 0.6) is 0 Å². The first-order chi connectivity index (χ1) is 10.6. The molecule has 3 nitrogen and oxygen atoms in total. The van der Waals surface area contributed by atoms with Crippen molar-refractivity contribution >= 4 is 17.1 Å². The van der Waals surface area contributed by atoms with E-state index >= 15 is 0 Å². The summed E-state index contributed by atoms with van der Waals surface area (Å²) in [6.07, 6.45) is 9.72. The third-order valence-electron chi connectivity index (χ3n) is 3.30. The fraction of sp³-hybridized carbons (Fsp3) is 0.278. The molecule has 1 aromatic heterocycles. The summed E-state index contributed by atoms with van der Waals surface area (Å²) in [4.78, 5) is 3.88. The van der Waals surface area contributed by atoms with E-state index in [1.807, 2.05) is 18.3 Å². The minimum Gasteiger partial charge on any atom is -0.289 e. The van der Waals surface area contributed by atoms with Gasteiger partial charge in [-0.2, -0.15) is 0 Å². The van der Waals surface area contributed by atoms with Crippen molar-refractivity contribution in [3.05, 3.63) is 60.3 Å². The molecule has 0 spiro atoms. The number of hydrogen-bond acceptors (Lipinski definition) is 2. The highest BCUT2D eigenvalue weighted by atomic mass is 19.1. The van der Waals surface area contributed by atoms with Crippen LogP contribution in [0.2, 0.25) is 0 Å². The molecule has 0 saturated heterocycles. The summed E-state index contributed by atoms with van der Waals surface area (Å²) >= 11 is 0. The van der Waals surface area contributed by atoms with E-state index in [9.17, 15) is 4.39 Å². The Morgan fingerprint density at radius 2 is 2.14 bits per heavy atom. The first-order valence-corrected chi connectivity index (χ1v) is 7.49. The summed E-state index contributed by atoms with van der Waals surface area (Å²) in [7, 11) is 0. The second kappa shape index (κ2) is 7.59. The zero-order valence-electron chi connectivity index (χ0n) is 13.3. The van der Waals surface area contributed by atoms with Gasteiger partial charge in [-0.1, -0.05) is 25.1 Å². The average Bonchev–Trinajstić information content (AvgIpc) is 2.83.